The number of para-hydroxylation sites is 1. The molecule has 0 unspecified atom stereocenters. The smallest absolute Gasteiger partial charge is 0.240 e. The van der Waals surface area contributed by atoms with Crippen molar-refractivity contribution in [3.05, 3.63) is 65.2 Å². The Kier molecular flexibility index (Phi) is 3.67. The van der Waals surface area contributed by atoms with Crippen LogP contribution in [0.2, 0.25) is 0 Å². The number of amides is 1. The van der Waals surface area contributed by atoms with Crippen LogP contribution in [0, 0.1) is 6.92 Å². The molecule has 4 nitrogen and oxygen atoms in total. The number of nitrogens with zero attached hydrogens (tertiary/aromatic N) is 2. The predicted octanol–water partition coefficient (Wildman–Crippen LogP) is 3.40. The molecule has 22 heavy (non-hydrogen) atoms. The lowest BCUT2D eigenvalue weighted by Crippen LogP contribution is -2.24. The summed E-state index contributed by atoms with van der Waals surface area (Å²) in [4.78, 5) is 11.9. The maximum absolute atomic E-state index is 11.9. The van der Waals surface area contributed by atoms with Crippen LogP contribution in [0.15, 0.2) is 53.6 Å². The van der Waals surface area contributed by atoms with Gasteiger partial charge in [-0.3, -0.25) is 4.79 Å². The van der Waals surface area contributed by atoms with Gasteiger partial charge in [0.2, 0.25) is 5.91 Å². The van der Waals surface area contributed by atoms with Crippen molar-refractivity contribution in [2.75, 3.05) is 0 Å². The molecule has 0 bridgehead atoms. The fourth-order valence-corrected chi connectivity index (χ4v) is 2.81. The zero-order valence-electron chi connectivity index (χ0n) is 12.7. The Bertz CT molecular complexity index is 752. The van der Waals surface area contributed by atoms with Crippen LogP contribution in [0.25, 0.3) is 0 Å². The third-order valence-corrected chi connectivity index (χ3v) is 3.88. The van der Waals surface area contributed by atoms with Crippen LogP contribution in [0.5, 0.6) is 5.75 Å². The van der Waals surface area contributed by atoms with Crippen molar-refractivity contribution < 1.29 is 9.90 Å². The molecule has 2 aromatic carbocycles. The Morgan fingerprint density at radius 3 is 2.68 bits per heavy atom. The van der Waals surface area contributed by atoms with E-state index in [2.05, 4.69) is 11.2 Å². The van der Waals surface area contributed by atoms with Crippen molar-refractivity contribution in [3.63, 3.8) is 0 Å². The summed E-state index contributed by atoms with van der Waals surface area (Å²) in [6.45, 7) is 3.53. The van der Waals surface area contributed by atoms with Gasteiger partial charge < -0.3 is 5.11 Å². The molecular formula is C18H18N2O2. The van der Waals surface area contributed by atoms with E-state index in [-0.39, 0.29) is 17.7 Å². The fourth-order valence-electron chi connectivity index (χ4n) is 2.81. The van der Waals surface area contributed by atoms with Crippen molar-refractivity contribution in [2.24, 2.45) is 5.10 Å². The zero-order chi connectivity index (χ0) is 15.7. The number of hydrogen-bond acceptors (Lipinski definition) is 3. The summed E-state index contributed by atoms with van der Waals surface area (Å²) in [6, 6.07) is 14.9. The number of carbonyl (C=O) groups is 1. The summed E-state index contributed by atoms with van der Waals surface area (Å²) in [6.07, 6.45) is 0.598. The molecule has 2 aromatic rings. The first-order chi connectivity index (χ1) is 10.6. The molecule has 0 aromatic heterocycles. The van der Waals surface area contributed by atoms with Crippen LogP contribution in [-0.4, -0.2) is 21.7 Å². The minimum atomic E-state index is -0.255. The summed E-state index contributed by atoms with van der Waals surface area (Å²) in [5.41, 5.74) is 3.76. The van der Waals surface area contributed by atoms with Gasteiger partial charge in [-0.25, -0.2) is 5.01 Å². The highest BCUT2D eigenvalue weighted by Crippen LogP contribution is 2.36. The van der Waals surface area contributed by atoms with E-state index in [9.17, 15) is 9.90 Å². The largest absolute Gasteiger partial charge is 0.508 e. The second-order valence-corrected chi connectivity index (χ2v) is 5.56. The van der Waals surface area contributed by atoms with Crippen molar-refractivity contribution in [1.29, 1.82) is 0 Å². The van der Waals surface area contributed by atoms with Gasteiger partial charge in [0, 0.05) is 18.9 Å². The topological polar surface area (TPSA) is 52.9 Å². The second kappa shape index (κ2) is 5.64. The van der Waals surface area contributed by atoms with E-state index in [4.69, 9.17) is 0 Å². The third-order valence-electron chi connectivity index (χ3n) is 3.88. The van der Waals surface area contributed by atoms with Gasteiger partial charge in [0.1, 0.15) is 5.75 Å². The Balaban J connectivity index is 1.99. The van der Waals surface area contributed by atoms with E-state index in [0.717, 1.165) is 22.4 Å². The van der Waals surface area contributed by atoms with E-state index >= 15 is 0 Å². The molecule has 1 aliphatic rings. The molecule has 3 rings (SSSR count). The highest BCUT2D eigenvalue weighted by molar-refractivity contribution is 6.03. The van der Waals surface area contributed by atoms with Crippen LogP contribution in [-0.2, 0) is 4.79 Å². The Morgan fingerprint density at radius 2 is 2.00 bits per heavy atom. The van der Waals surface area contributed by atoms with Gasteiger partial charge in [0.05, 0.1) is 11.8 Å². The molecule has 0 saturated heterocycles. The van der Waals surface area contributed by atoms with Crippen molar-refractivity contribution in [3.8, 4) is 5.75 Å². The van der Waals surface area contributed by atoms with E-state index in [1.54, 1.807) is 12.1 Å². The summed E-state index contributed by atoms with van der Waals surface area (Å²) in [5.74, 6) is 0.0651. The first-order valence-electron chi connectivity index (χ1n) is 7.28. The quantitative estimate of drug-likeness (QED) is 0.923. The molecule has 4 heteroatoms. The van der Waals surface area contributed by atoms with Crippen molar-refractivity contribution in [1.82, 2.24) is 5.01 Å². The van der Waals surface area contributed by atoms with Gasteiger partial charge in [-0.05, 0) is 18.6 Å². The number of aromatic hydroxyl groups is 1. The van der Waals surface area contributed by atoms with Gasteiger partial charge in [-0.2, -0.15) is 5.10 Å². The first kappa shape index (κ1) is 14.3. The molecular weight excluding hydrogens is 276 g/mol. The Labute approximate surface area is 129 Å². The second-order valence-electron chi connectivity index (χ2n) is 5.56. The maximum Gasteiger partial charge on any atom is 0.240 e. The average Bonchev–Trinajstić information content (AvgIpc) is 2.93. The zero-order valence-corrected chi connectivity index (χ0v) is 12.7. The molecule has 0 aliphatic carbocycles. The highest BCUT2D eigenvalue weighted by Gasteiger charge is 2.32. The molecule has 0 saturated carbocycles. The van der Waals surface area contributed by atoms with Gasteiger partial charge in [0.25, 0.3) is 0 Å². The summed E-state index contributed by atoms with van der Waals surface area (Å²) in [7, 11) is 0. The Hall–Kier alpha value is -2.62. The molecule has 1 N–H and O–H groups in total. The number of phenols is 1. The number of carbonyl (C=O) groups excluding carboxylic acids is 1. The van der Waals surface area contributed by atoms with Gasteiger partial charge in [0.15, 0.2) is 0 Å². The monoisotopic (exact) mass is 294 g/mol. The number of hydrogen-bond donors (Lipinski definition) is 1. The normalized spacial score (nSPS) is 17.5. The van der Waals surface area contributed by atoms with Crippen LogP contribution in [0.4, 0.5) is 0 Å². The molecule has 0 fully saturated rings. The lowest BCUT2D eigenvalue weighted by molar-refractivity contribution is -0.130. The summed E-state index contributed by atoms with van der Waals surface area (Å²) >= 11 is 0. The van der Waals surface area contributed by atoms with E-state index < -0.39 is 0 Å². The molecule has 0 radical (unpaired) electrons. The molecule has 1 heterocycles. The Morgan fingerprint density at radius 1 is 1.23 bits per heavy atom. The number of rotatable bonds is 2. The number of phenolic OH excluding ortho intramolecular Hbond substituents is 1. The lowest BCUT2D eigenvalue weighted by atomic mass is 9.97. The van der Waals surface area contributed by atoms with E-state index in [0.29, 0.717) is 6.42 Å². The highest BCUT2D eigenvalue weighted by atomic mass is 16.3. The summed E-state index contributed by atoms with van der Waals surface area (Å²) < 4.78 is 0. The van der Waals surface area contributed by atoms with Crippen molar-refractivity contribution in [2.45, 2.75) is 26.3 Å². The standard InChI is InChI=1S/C18H18N2O2/c1-12-6-5-7-14(10-12)16-11-17(20(19-16)13(2)21)15-8-3-4-9-18(15)22/h3-10,17,22H,11H2,1-2H3/t17-/m0/s1. The molecule has 112 valence electrons. The van der Waals surface area contributed by atoms with E-state index in [1.165, 1.54) is 11.9 Å². The maximum atomic E-state index is 11.9. The molecule has 1 aliphatic heterocycles. The fraction of sp³-hybridized carbons (Fsp3) is 0.222. The van der Waals surface area contributed by atoms with Crippen molar-refractivity contribution >= 4 is 11.6 Å². The lowest BCUT2D eigenvalue weighted by Gasteiger charge is -2.21. The average molecular weight is 294 g/mol. The number of benzene rings is 2. The molecule has 1 amide bonds. The number of hydrazone groups is 1. The summed E-state index contributed by atoms with van der Waals surface area (Å²) in [5, 5.41) is 16.0. The number of aryl methyl sites for hydroxylation is 1. The van der Waals surface area contributed by atoms with Crippen LogP contribution < -0.4 is 0 Å². The van der Waals surface area contributed by atoms with Gasteiger partial charge in [-0.1, -0.05) is 48.0 Å². The molecule has 1 atom stereocenters. The third kappa shape index (κ3) is 2.60. The van der Waals surface area contributed by atoms with Crippen LogP contribution in [0.3, 0.4) is 0 Å². The predicted molar refractivity (Wildman–Crippen MR) is 85.7 cm³/mol. The van der Waals surface area contributed by atoms with Gasteiger partial charge in [-0.15, -0.1) is 0 Å². The van der Waals surface area contributed by atoms with E-state index in [1.807, 2.05) is 37.3 Å². The minimum absolute atomic E-state index is 0.129. The van der Waals surface area contributed by atoms with Gasteiger partial charge >= 0.3 is 0 Å². The van der Waals surface area contributed by atoms with Crippen LogP contribution >= 0.6 is 0 Å². The minimum Gasteiger partial charge on any atom is -0.508 e. The first-order valence-corrected chi connectivity index (χ1v) is 7.28. The van der Waals surface area contributed by atoms with Crippen LogP contribution in [0.1, 0.15) is 36.1 Å². The SMILES string of the molecule is CC(=O)N1N=C(c2cccc(C)c2)C[C@H]1c1ccccc1O. The molecule has 0 spiro atoms.